The summed E-state index contributed by atoms with van der Waals surface area (Å²) in [6, 6.07) is 29.2. The highest BCUT2D eigenvalue weighted by molar-refractivity contribution is 7.98. The molecule has 2 N–H and O–H groups in total. The van der Waals surface area contributed by atoms with Crippen molar-refractivity contribution in [2.24, 2.45) is 0 Å². The van der Waals surface area contributed by atoms with Gasteiger partial charge in [0.1, 0.15) is 5.75 Å². The maximum absolute atomic E-state index is 12.2. The number of aromatic nitrogens is 1. The van der Waals surface area contributed by atoms with Crippen molar-refractivity contribution < 1.29 is 9.53 Å². The quantitative estimate of drug-likeness (QED) is 0.306. The topological polar surface area (TPSA) is 63.2 Å². The Kier molecular flexibility index (Phi) is 7.39. The lowest BCUT2D eigenvalue weighted by atomic mass is 10.2. The number of benzene rings is 3. The monoisotopic (exact) mass is 441 g/mol. The molecule has 0 saturated carbocycles. The third-order valence-corrected chi connectivity index (χ3v) is 5.64. The fourth-order valence-electron chi connectivity index (χ4n) is 2.95. The number of amides is 1. The highest BCUT2D eigenvalue weighted by atomic mass is 32.2. The van der Waals surface area contributed by atoms with E-state index in [0.717, 1.165) is 27.7 Å². The minimum Gasteiger partial charge on any atom is -0.484 e. The molecule has 6 heteroatoms. The molecule has 1 heterocycles. The zero-order valence-corrected chi connectivity index (χ0v) is 18.2. The smallest absolute Gasteiger partial charge is 0.262 e. The highest BCUT2D eigenvalue weighted by Gasteiger charge is 2.05. The van der Waals surface area contributed by atoms with Crippen molar-refractivity contribution in [2.45, 2.75) is 10.6 Å². The fraction of sp³-hybridized carbons (Fsp3) is 0.0769. The Morgan fingerprint density at radius 2 is 1.53 bits per heavy atom. The van der Waals surface area contributed by atoms with Gasteiger partial charge in [-0.05, 0) is 72.3 Å². The van der Waals surface area contributed by atoms with Gasteiger partial charge in [0.25, 0.3) is 5.91 Å². The van der Waals surface area contributed by atoms with Crippen LogP contribution < -0.4 is 15.4 Å². The number of para-hydroxylation sites is 1. The van der Waals surface area contributed by atoms with Crippen molar-refractivity contribution in [3.63, 3.8) is 0 Å². The van der Waals surface area contributed by atoms with Gasteiger partial charge in [0, 0.05) is 40.1 Å². The molecule has 32 heavy (non-hydrogen) atoms. The summed E-state index contributed by atoms with van der Waals surface area (Å²) in [6.45, 7) is -0.0526. The lowest BCUT2D eigenvalue weighted by molar-refractivity contribution is -0.118. The summed E-state index contributed by atoms with van der Waals surface area (Å²) in [7, 11) is 0. The van der Waals surface area contributed by atoms with Gasteiger partial charge >= 0.3 is 0 Å². The Morgan fingerprint density at radius 3 is 2.25 bits per heavy atom. The normalized spacial score (nSPS) is 10.4. The third kappa shape index (κ3) is 6.62. The van der Waals surface area contributed by atoms with Crippen LogP contribution in [-0.2, 0) is 10.5 Å². The van der Waals surface area contributed by atoms with Crippen LogP contribution in [0.15, 0.2) is 108 Å². The Morgan fingerprint density at radius 1 is 0.812 bits per heavy atom. The zero-order chi connectivity index (χ0) is 22.0. The molecule has 0 unspecified atom stereocenters. The maximum atomic E-state index is 12.2. The van der Waals surface area contributed by atoms with Gasteiger partial charge in [-0.15, -0.1) is 11.8 Å². The third-order valence-electron chi connectivity index (χ3n) is 4.55. The van der Waals surface area contributed by atoms with Gasteiger partial charge in [0.05, 0.1) is 0 Å². The van der Waals surface area contributed by atoms with Crippen molar-refractivity contribution in [2.75, 3.05) is 17.2 Å². The number of carbonyl (C=O) groups is 1. The molecule has 0 saturated heterocycles. The summed E-state index contributed by atoms with van der Waals surface area (Å²) in [5.41, 5.74) is 3.89. The molecular formula is C26H23N3O2S. The number of thioether (sulfide) groups is 1. The molecule has 0 atom stereocenters. The van der Waals surface area contributed by atoms with Crippen molar-refractivity contribution >= 4 is 34.7 Å². The second-order valence-corrected chi connectivity index (χ2v) is 8.08. The molecule has 5 nitrogen and oxygen atoms in total. The SMILES string of the molecule is O=C(COc1ccc(Nc2ccccc2)cc1)Nc1ccc(SCc2cccnc2)cc1. The molecule has 3 aromatic carbocycles. The van der Waals surface area contributed by atoms with E-state index < -0.39 is 0 Å². The van der Waals surface area contributed by atoms with Crippen LogP contribution in [0.4, 0.5) is 17.1 Å². The molecule has 4 aromatic rings. The van der Waals surface area contributed by atoms with Crippen LogP contribution >= 0.6 is 11.8 Å². The Bertz CT molecular complexity index is 1120. The van der Waals surface area contributed by atoms with Gasteiger partial charge in [-0.2, -0.15) is 0 Å². The van der Waals surface area contributed by atoms with E-state index >= 15 is 0 Å². The summed E-state index contributed by atoms with van der Waals surface area (Å²) >= 11 is 1.73. The predicted molar refractivity (Wildman–Crippen MR) is 131 cm³/mol. The van der Waals surface area contributed by atoms with Crippen LogP contribution in [0.25, 0.3) is 0 Å². The van der Waals surface area contributed by atoms with Gasteiger partial charge < -0.3 is 15.4 Å². The van der Waals surface area contributed by atoms with Crippen LogP contribution in [-0.4, -0.2) is 17.5 Å². The first-order valence-corrected chi connectivity index (χ1v) is 11.2. The van der Waals surface area contributed by atoms with Crippen molar-refractivity contribution in [3.05, 3.63) is 109 Å². The molecule has 160 valence electrons. The zero-order valence-electron chi connectivity index (χ0n) is 17.4. The van der Waals surface area contributed by atoms with E-state index in [4.69, 9.17) is 4.74 Å². The molecule has 0 fully saturated rings. The summed E-state index contributed by atoms with van der Waals surface area (Å²) < 4.78 is 5.61. The summed E-state index contributed by atoms with van der Waals surface area (Å²) in [5, 5.41) is 6.17. The van der Waals surface area contributed by atoms with Crippen LogP contribution in [0.3, 0.4) is 0 Å². The summed E-state index contributed by atoms with van der Waals surface area (Å²) in [5.74, 6) is 1.29. The Balaban J connectivity index is 1.21. The van der Waals surface area contributed by atoms with E-state index in [1.165, 1.54) is 5.56 Å². The predicted octanol–water partition coefficient (Wildman–Crippen LogP) is 6.14. The molecular weight excluding hydrogens is 418 g/mol. The molecule has 0 spiro atoms. The molecule has 4 rings (SSSR count). The van der Waals surface area contributed by atoms with Crippen molar-refractivity contribution in [3.8, 4) is 5.75 Å². The van der Waals surface area contributed by atoms with Crippen LogP contribution in [0, 0.1) is 0 Å². The number of nitrogens with one attached hydrogen (secondary N) is 2. The van der Waals surface area contributed by atoms with E-state index in [9.17, 15) is 4.79 Å². The Hall–Kier alpha value is -3.77. The van der Waals surface area contributed by atoms with E-state index in [0.29, 0.717) is 5.75 Å². The van der Waals surface area contributed by atoms with Crippen molar-refractivity contribution in [1.82, 2.24) is 4.98 Å². The first-order valence-electron chi connectivity index (χ1n) is 10.2. The second-order valence-electron chi connectivity index (χ2n) is 7.03. The summed E-state index contributed by atoms with van der Waals surface area (Å²) in [6.07, 6.45) is 3.64. The molecule has 0 aliphatic rings. The lowest BCUT2D eigenvalue weighted by Gasteiger charge is -2.10. The molecule has 1 aromatic heterocycles. The number of rotatable bonds is 9. The number of hydrogen-bond donors (Lipinski definition) is 2. The average Bonchev–Trinajstić information content (AvgIpc) is 2.84. The van der Waals surface area contributed by atoms with E-state index in [1.54, 1.807) is 18.0 Å². The largest absolute Gasteiger partial charge is 0.484 e. The van der Waals surface area contributed by atoms with Crippen LogP contribution in [0.1, 0.15) is 5.56 Å². The number of nitrogens with zero attached hydrogens (tertiary/aromatic N) is 1. The lowest BCUT2D eigenvalue weighted by Crippen LogP contribution is -2.20. The molecule has 0 radical (unpaired) electrons. The molecule has 0 bridgehead atoms. The molecule has 0 aliphatic heterocycles. The fourth-order valence-corrected chi connectivity index (χ4v) is 3.79. The van der Waals surface area contributed by atoms with Gasteiger partial charge in [0.2, 0.25) is 0 Å². The second kappa shape index (κ2) is 11.0. The minimum absolute atomic E-state index is 0.0526. The van der Waals surface area contributed by atoms with E-state index in [-0.39, 0.29) is 12.5 Å². The first-order chi connectivity index (χ1) is 15.7. The van der Waals surface area contributed by atoms with Gasteiger partial charge in [0.15, 0.2) is 6.61 Å². The van der Waals surface area contributed by atoms with Gasteiger partial charge in [-0.1, -0.05) is 24.3 Å². The average molecular weight is 442 g/mol. The first kappa shape index (κ1) is 21.5. The van der Waals surface area contributed by atoms with E-state index in [2.05, 4.69) is 21.7 Å². The van der Waals surface area contributed by atoms with Crippen LogP contribution in [0.2, 0.25) is 0 Å². The minimum atomic E-state index is -0.202. The van der Waals surface area contributed by atoms with Crippen molar-refractivity contribution in [1.29, 1.82) is 0 Å². The number of pyridine rings is 1. The number of ether oxygens (including phenoxy) is 1. The maximum Gasteiger partial charge on any atom is 0.262 e. The van der Waals surface area contributed by atoms with E-state index in [1.807, 2.05) is 91.1 Å². The number of hydrogen-bond acceptors (Lipinski definition) is 5. The number of carbonyl (C=O) groups excluding carboxylic acids is 1. The number of anilines is 3. The molecule has 1 amide bonds. The van der Waals surface area contributed by atoms with Crippen LogP contribution in [0.5, 0.6) is 5.75 Å². The molecule has 0 aliphatic carbocycles. The van der Waals surface area contributed by atoms with Gasteiger partial charge in [-0.25, -0.2) is 0 Å². The Labute approximate surface area is 191 Å². The highest BCUT2D eigenvalue weighted by Crippen LogP contribution is 2.24. The van der Waals surface area contributed by atoms with Gasteiger partial charge in [-0.3, -0.25) is 9.78 Å². The summed E-state index contributed by atoms with van der Waals surface area (Å²) in [4.78, 5) is 17.5. The standard InChI is InChI=1S/C26H23N3O2S/c30-26(18-31-24-12-8-22(9-13-24)28-21-6-2-1-3-7-21)29-23-10-14-25(15-11-23)32-19-20-5-4-16-27-17-20/h1-17,28H,18-19H2,(H,29,30).